The summed E-state index contributed by atoms with van der Waals surface area (Å²) in [5.74, 6) is -1.17. The maximum atomic E-state index is 12.1. The van der Waals surface area contributed by atoms with Gasteiger partial charge in [0.05, 0.1) is 11.8 Å². The maximum Gasteiger partial charge on any atom is 0.356 e. The van der Waals surface area contributed by atoms with Crippen LogP contribution >= 0.6 is 0 Å². The number of aromatic carboxylic acids is 1. The van der Waals surface area contributed by atoms with Crippen molar-refractivity contribution in [1.29, 1.82) is 0 Å². The minimum absolute atomic E-state index is 0.0128. The molecule has 1 amide bonds. The lowest BCUT2D eigenvalue weighted by molar-refractivity contribution is -0.131. The highest BCUT2D eigenvalue weighted by atomic mass is 16.5. The van der Waals surface area contributed by atoms with E-state index in [1.54, 1.807) is 6.20 Å². The summed E-state index contributed by atoms with van der Waals surface area (Å²) in [6, 6.07) is 8.86. The molecule has 0 bridgehead atoms. The van der Waals surface area contributed by atoms with Crippen molar-refractivity contribution >= 4 is 11.9 Å². The smallest absolute Gasteiger partial charge is 0.356 e. The molecule has 2 aromatic rings. The summed E-state index contributed by atoms with van der Waals surface area (Å²) in [6.45, 7) is 2.35. The number of carbonyl (C=O) groups excluding carboxylic acids is 1. The van der Waals surface area contributed by atoms with E-state index in [1.807, 2.05) is 31.2 Å². The van der Waals surface area contributed by atoms with Crippen LogP contribution in [0.15, 0.2) is 36.5 Å². The molecule has 0 aliphatic carbocycles. The fourth-order valence-corrected chi connectivity index (χ4v) is 2.69. The van der Waals surface area contributed by atoms with E-state index in [9.17, 15) is 9.59 Å². The van der Waals surface area contributed by atoms with Crippen LogP contribution in [0.3, 0.4) is 0 Å². The average molecular weight is 329 g/mol. The molecule has 0 spiro atoms. The first kappa shape index (κ1) is 16.2. The van der Waals surface area contributed by atoms with Crippen molar-refractivity contribution in [2.45, 2.75) is 38.5 Å². The summed E-state index contributed by atoms with van der Waals surface area (Å²) in [5, 5.41) is 15.8. The Hall–Kier alpha value is -2.67. The van der Waals surface area contributed by atoms with Crippen molar-refractivity contribution < 1.29 is 19.4 Å². The second-order valence-corrected chi connectivity index (χ2v) is 5.85. The van der Waals surface area contributed by atoms with Crippen molar-refractivity contribution in [3.05, 3.63) is 47.8 Å². The quantitative estimate of drug-likeness (QED) is 0.872. The molecule has 7 nitrogen and oxygen atoms in total. The Morgan fingerprint density at radius 2 is 2.21 bits per heavy atom. The molecule has 2 N–H and O–H groups in total. The van der Waals surface area contributed by atoms with Crippen LogP contribution in [0.2, 0.25) is 0 Å². The predicted octanol–water partition coefficient (Wildman–Crippen LogP) is 1.75. The number of carboxylic acid groups (broad SMARTS) is 1. The first-order valence-electron chi connectivity index (χ1n) is 7.84. The van der Waals surface area contributed by atoms with Gasteiger partial charge >= 0.3 is 5.97 Å². The molecule has 7 heteroatoms. The van der Waals surface area contributed by atoms with Crippen LogP contribution in [0.5, 0.6) is 0 Å². The second kappa shape index (κ2) is 6.84. The zero-order valence-electron chi connectivity index (χ0n) is 13.3. The lowest BCUT2D eigenvalue weighted by atomic mass is 10.1. The summed E-state index contributed by atoms with van der Waals surface area (Å²) < 4.78 is 7.04. The number of benzene rings is 1. The molecule has 0 radical (unpaired) electrons. The van der Waals surface area contributed by atoms with Crippen molar-refractivity contribution in [2.24, 2.45) is 0 Å². The van der Waals surface area contributed by atoms with E-state index in [0.717, 1.165) is 24.1 Å². The molecule has 1 aromatic heterocycles. The number of amides is 1. The molecule has 1 aliphatic heterocycles. The Morgan fingerprint density at radius 1 is 1.38 bits per heavy atom. The molecule has 126 valence electrons. The number of rotatable bonds is 5. The lowest BCUT2D eigenvalue weighted by Gasteiger charge is -2.12. The topological polar surface area (TPSA) is 93.5 Å². The maximum absolute atomic E-state index is 12.1. The van der Waals surface area contributed by atoms with Gasteiger partial charge in [0, 0.05) is 12.7 Å². The van der Waals surface area contributed by atoms with Gasteiger partial charge in [-0.25, -0.2) is 9.48 Å². The molecule has 1 aromatic carbocycles. The SMILES string of the molecule is CC1CCC(C(=O)NCc2cccc(-n3ccc(C(=O)O)n3)c2)O1. The number of carboxylic acids is 1. The van der Waals surface area contributed by atoms with Gasteiger partial charge in [-0.1, -0.05) is 12.1 Å². The molecule has 2 heterocycles. The molecule has 0 saturated carbocycles. The summed E-state index contributed by atoms with van der Waals surface area (Å²) in [4.78, 5) is 23.0. The van der Waals surface area contributed by atoms with Gasteiger partial charge in [-0.3, -0.25) is 4.79 Å². The van der Waals surface area contributed by atoms with E-state index in [-0.39, 0.29) is 23.8 Å². The van der Waals surface area contributed by atoms with Crippen molar-refractivity contribution in [3.8, 4) is 5.69 Å². The number of nitrogens with zero attached hydrogens (tertiary/aromatic N) is 2. The monoisotopic (exact) mass is 329 g/mol. The van der Waals surface area contributed by atoms with Crippen molar-refractivity contribution in [1.82, 2.24) is 15.1 Å². The molecular formula is C17H19N3O4. The summed E-state index contributed by atoms with van der Waals surface area (Å²) in [7, 11) is 0. The Kier molecular flexibility index (Phi) is 4.61. The van der Waals surface area contributed by atoms with Gasteiger partial charge in [0.1, 0.15) is 6.10 Å². The van der Waals surface area contributed by atoms with Crippen LogP contribution in [-0.2, 0) is 16.1 Å². The third-order valence-electron chi connectivity index (χ3n) is 3.97. The van der Waals surface area contributed by atoms with E-state index >= 15 is 0 Å². The zero-order valence-corrected chi connectivity index (χ0v) is 13.3. The van der Waals surface area contributed by atoms with Crippen molar-refractivity contribution in [3.63, 3.8) is 0 Å². The van der Waals surface area contributed by atoms with Crippen LogP contribution in [0, 0.1) is 0 Å². The summed E-state index contributed by atoms with van der Waals surface area (Å²) in [6.07, 6.45) is 3.01. The van der Waals surface area contributed by atoms with Gasteiger partial charge in [0.2, 0.25) is 5.91 Å². The molecule has 2 atom stereocenters. The third-order valence-corrected chi connectivity index (χ3v) is 3.97. The molecule has 3 rings (SSSR count). The molecule has 1 saturated heterocycles. The second-order valence-electron chi connectivity index (χ2n) is 5.85. The van der Waals surface area contributed by atoms with E-state index < -0.39 is 5.97 Å². The van der Waals surface area contributed by atoms with Crippen LogP contribution in [0.4, 0.5) is 0 Å². The van der Waals surface area contributed by atoms with Crippen LogP contribution < -0.4 is 5.32 Å². The number of nitrogens with one attached hydrogen (secondary N) is 1. The summed E-state index contributed by atoms with van der Waals surface area (Å²) >= 11 is 0. The van der Waals surface area contributed by atoms with Gasteiger partial charge in [0.25, 0.3) is 0 Å². The van der Waals surface area contributed by atoms with Gasteiger partial charge in [0.15, 0.2) is 5.69 Å². The van der Waals surface area contributed by atoms with Crippen LogP contribution in [0.1, 0.15) is 35.8 Å². The molecule has 24 heavy (non-hydrogen) atoms. The lowest BCUT2D eigenvalue weighted by Crippen LogP contribution is -2.34. The highest BCUT2D eigenvalue weighted by Gasteiger charge is 2.27. The number of aromatic nitrogens is 2. The van der Waals surface area contributed by atoms with Gasteiger partial charge in [-0.15, -0.1) is 0 Å². The zero-order chi connectivity index (χ0) is 17.1. The number of hydrogen-bond acceptors (Lipinski definition) is 4. The Balaban J connectivity index is 1.64. The van der Waals surface area contributed by atoms with E-state index in [1.165, 1.54) is 10.7 Å². The fourth-order valence-electron chi connectivity index (χ4n) is 2.69. The Labute approximate surface area is 139 Å². The van der Waals surface area contributed by atoms with Gasteiger partial charge < -0.3 is 15.2 Å². The number of ether oxygens (including phenoxy) is 1. The largest absolute Gasteiger partial charge is 0.476 e. The predicted molar refractivity (Wildman–Crippen MR) is 85.9 cm³/mol. The van der Waals surface area contributed by atoms with Gasteiger partial charge in [-0.2, -0.15) is 5.10 Å². The fraction of sp³-hybridized carbons (Fsp3) is 0.353. The number of carbonyl (C=O) groups is 2. The minimum Gasteiger partial charge on any atom is -0.476 e. The first-order chi connectivity index (χ1) is 11.5. The highest BCUT2D eigenvalue weighted by molar-refractivity contribution is 5.85. The Morgan fingerprint density at radius 3 is 2.88 bits per heavy atom. The average Bonchev–Trinajstić information content (AvgIpc) is 3.22. The molecule has 1 aliphatic rings. The van der Waals surface area contributed by atoms with Gasteiger partial charge in [-0.05, 0) is 43.5 Å². The van der Waals surface area contributed by atoms with Crippen LogP contribution in [-0.4, -0.2) is 39.0 Å². The van der Waals surface area contributed by atoms with E-state index in [2.05, 4.69) is 10.4 Å². The molecular weight excluding hydrogens is 310 g/mol. The summed E-state index contributed by atoms with van der Waals surface area (Å²) in [5.41, 5.74) is 1.63. The highest BCUT2D eigenvalue weighted by Crippen LogP contribution is 2.19. The van der Waals surface area contributed by atoms with E-state index in [4.69, 9.17) is 9.84 Å². The Bertz CT molecular complexity index is 756. The normalized spacial score (nSPS) is 20.0. The third kappa shape index (κ3) is 3.62. The molecule has 1 fully saturated rings. The van der Waals surface area contributed by atoms with E-state index in [0.29, 0.717) is 6.54 Å². The van der Waals surface area contributed by atoms with Crippen molar-refractivity contribution in [2.75, 3.05) is 0 Å². The van der Waals surface area contributed by atoms with Crippen LogP contribution in [0.25, 0.3) is 5.69 Å². The minimum atomic E-state index is -1.07. The standard InChI is InChI=1S/C17H19N3O4/c1-11-5-6-15(24-11)16(21)18-10-12-3-2-4-13(9-12)20-8-7-14(19-20)17(22)23/h2-4,7-9,11,15H,5-6,10H2,1H3,(H,18,21)(H,22,23). The number of hydrogen-bond donors (Lipinski definition) is 2. The molecule has 2 unspecified atom stereocenters. The first-order valence-corrected chi connectivity index (χ1v) is 7.84.